The zero-order valence-electron chi connectivity index (χ0n) is 14.9. The average Bonchev–Trinajstić information content (AvgIpc) is 3.17. The lowest BCUT2D eigenvalue weighted by Gasteiger charge is -2.07. The van der Waals surface area contributed by atoms with Gasteiger partial charge >= 0.3 is 0 Å². The summed E-state index contributed by atoms with van der Waals surface area (Å²) in [6, 6.07) is 0. The zero-order chi connectivity index (χ0) is 18.7. The topological polar surface area (TPSA) is 128 Å². The average molecular weight is 379 g/mol. The van der Waals surface area contributed by atoms with E-state index < -0.39 is 10.0 Å². The predicted octanol–water partition coefficient (Wildman–Crippen LogP) is 1.23. The number of hydrogen-bond donors (Lipinski definition) is 2. The van der Waals surface area contributed by atoms with Crippen molar-refractivity contribution in [1.82, 2.24) is 29.6 Å². The van der Waals surface area contributed by atoms with Gasteiger partial charge in [-0.05, 0) is 20.3 Å². The van der Waals surface area contributed by atoms with Crippen molar-refractivity contribution in [2.45, 2.75) is 38.6 Å². The summed E-state index contributed by atoms with van der Waals surface area (Å²) in [4.78, 5) is 8.56. The summed E-state index contributed by atoms with van der Waals surface area (Å²) in [5, 5.41) is 12.0. The number of rotatable bonds is 8. The highest BCUT2D eigenvalue weighted by Crippen LogP contribution is 2.19. The van der Waals surface area contributed by atoms with Crippen molar-refractivity contribution in [3.63, 3.8) is 0 Å². The van der Waals surface area contributed by atoms with Crippen LogP contribution in [0.15, 0.2) is 21.9 Å². The van der Waals surface area contributed by atoms with Crippen LogP contribution in [0.5, 0.6) is 0 Å². The van der Waals surface area contributed by atoms with E-state index in [1.54, 1.807) is 24.7 Å². The molecule has 3 rings (SSSR count). The lowest BCUT2D eigenvalue weighted by Crippen LogP contribution is -2.28. The van der Waals surface area contributed by atoms with Gasteiger partial charge in [0, 0.05) is 13.1 Å². The van der Waals surface area contributed by atoms with E-state index in [4.69, 9.17) is 4.52 Å². The van der Waals surface area contributed by atoms with Crippen molar-refractivity contribution in [1.29, 1.82) is 0 Å². The Balaban J connectivity index is 1.73. The Morgan fingerprint density at radius 2 is 2.04 bits per heavy atom. The molecule has 0 atom stereocenters. The largest absolute Gasteiger partial charge is 0.369 e. The molecule has 0 saturated heterocycles. The van der Waals surface area contributed by atoms with Gasteiger partial charge < -0.3 is 9.84 Å². The van der Waals surface area contributed by atoms with Crippen molar-refractivity contribution in [3.05, 3.63) is 24.0 Å². The lowest BCUT2D eigenvalue weighted by atomic mass is 10.4. The first-order valence-electron chi connectivity index (χ1n) is 8.27. The molecule has 10 nitrogen and oxygen atoms in total. The molecule has 0 amide bonds. The Morgan fingerprint density at radius 3 is 2.73 bits per heavy atom. The summed E-state index contributed by atoms with van der Waals surface area (Å²) in [6.45, 7) is 6.51. The van der Waals surface area contributed by atoms with E-state index in [0.717, 1.165) is 24.2 Å². The van der Waals surface area contributed by atoms with Crippen molar-refractivity contribution < 1.29 is 12.9 Å². The van der Waals surface area contributed by atoms with E-state index in [2.05, 4.69) is 37.2 Å². The summed E-state index contributed by atoms with van der Waals surface area (Å²) < 4.78 is 34.0. The first-order chi connectivity index (χ1) is 12.4. The third-order valence-electron chi connectivity index (χ3n) is 3.83. The second-order valence-corrected chi connectivity index (χ2v) is 7.51. The Morgan fingerprint density at radius 1 is 1.23 bits per heavy atom. The smallest absolute Gasteiger partial charge is 0.246 e. The van der Waals surface area contributed by atoms with Gasteiger partial charge in [-0.25, -0.2) is 27.8 Å². The maximum absolute atomic E-state index is 12.4. The first kappa shape index (κ1) is 18.3. The number of sulfonamides is 1. The standard InChI is InChI=1S/C15H21N7O3S/c1-4-5-16-14-12-8-19-22(15(12)18-9-17-14)7-6-20-26(23,24)13-10(2)21-25-11(13)3/h8-9,20H,4-7H2,1-3H3,(H,16,17,18). The van der Waals surface area contributed by atoms with E-state index in [9.17, 15) is 8.42 Å². The second-order valence-electron chi connectivity index (χ2n) is 5.81. The van der Waals surface area contributed by atoms with Gasteiger partial charge in [0.15, 0.2) is 11.4 Å². The normalized spacial score (nSPS) is 12.0. The molecule has 0 fully saturated rings. The molecule has 26 heavy (non-hydrogen) atoms. The third kappa shape index (κ3) is 3.53. The minimum Gasteiger partial charge on any atom is -0.369 e. The predicted molar refractivity (Wildman–Crippen MR) is 95.3 cm³/mol. The fourth-order valence-corrected chi connectivity index (χ4v) is 4.00. The molecule has 140 valence electrons. The summed E-state index contributed by atoms with van der Waals surface area (Å²) in [5.74, 6) is 0.985. The Bertz CT molecular complexity index is 990. The zero-order valence-corrected chi connectivity index (χ0v) is 15.7. The highest BCUT2D eigenvalue weighted by molar-refractivity contribution is 7.89. The maximum Gasteiger partial charge on any atom is 0.246 e. The Hall–Kier alpha value is -2.53. The van der Waals surface area contributed by atoms with Crippen LogP contribution >= 0.6 is 0 Å². The molecular formula is C15H21N7O3S. The van der Waals surface area contributed by atoms with Crippen LogP contribution in [0.3, 0.4) is 0 Å². The maximum atomic E-state index is 12.4. The Labute approximate surface area is 151 Å². The van der Waals surface area contributed by atoms with E-state index >= 15 is 0 Å². The molecule has 0 spiro atoms. The third-order valence-corrected chi connectivity index (χ3v) is 5.53. The summed E-state index contributed by atoms with van der Waals surface area (Å²) in [6.07, 6.45) is 4.12. The SMILES string of the molecule is CCCNc1ncnc2c1cnn2CCNS(=O)(=O)c1c(C)noc1C. The number of nitrogens with zero attached hydrogens (tertiary/aromatic N) is 5. The van der Waals surface area contributed by atoms with Crippen LogP contribution in [0.4, 0.5) is 5.82 Å². The van der Waals surface area contributed by atoms with Gasteiger partial charge in [-0.15, -0.1) is 0 Å². The Kier molecular flexibility index (Phi) is 5.18. The van der Waals surface area contributed by atoms with Crippen LogP contribution < -0.4 is 10.0 Å². The van der Waals surface area contributed by atoms with Gasteiger partial charge in [-0.2, -0.15) is 5.10 Å². The number of hydrogen-bond acceptors (Lipinski definition) is 8. The molecule has 0 unspecified atom stereocenters. The summed E-state index contributed by atoms with van der Waals surface area (Å²) in [7, 11) is -3.70. The van der Waals surface area contributed by atoms with Crippen LogP contribution in [0, 0.1) is 13.8 Å². The van der Waals surface area contributed by atoms with E-state index in [1.165, 1.54) is 6.33 Å². The van der Waals surface area contributed by atoms with E-state index in [1.807, 2.05) is 0 Å². The summed E-state index contributed by atoms with van der Waals surface area (Å²) in [5.41, 5.74) is 0.981. The van der Waals surface area contributed by atoms with Gasteiger partial charge in [-0.1, -0.05) is 12.1 Å². The number of nitrogens with one attached hydrogen (secondary N) is 2. The summed E-state index contributed by atoms with van der Waals surface area (Å²) >= 11 is 0. The van der Waals surface area contributed by atoms with Gasteiger partial charge in [-0.3, -0.25) is 0 Å². The fraction of sp³-hybridized carbons (Fsp3) is 0.467. The highest BCUT2D eigenvalue weighted by atomic mass is 32.2. The molecule has 11 heteroatoms. The molecular weight excluding hydrogens is 358 g/mol. The molecule has 0 aliphatic rings. The van der Waals surface area contributed by atoms with Gasteiger partial charge in [0.25, 0.3) is 0 Å². The van der Waals surface area contributed by atoms with E-state index in [-0.39, 0.29) is 17.2 Å². The molecule has 0 bridgehead atoms. The van der Waals surface area contributed by atoms with Crippen molar-refractivity contribution in [2.75, 3.05) is 18.4 Å². The van der Waals surface area contributed by atoms with Crippen molar-refractivity contribution in [2.24, 2.45) is 0 Å². The second kappa shape index (κ2) is 7.38. The van der Waals surface area contributed by atoms with Crippen LogP contribution in [0.1, 0.15) is 24.8 Å². The number of aromatic nitrogens is 5. The molecule has 0 aliphatic heterocycles. The fourth-order valence-electron chi connectivity index (χ4n) is 2.66. The minimum absolute atomic E-state index is 0.0798. The van der Waals surface area contributed by atoms with Gasteiger partial charge in [0.2, 0.25) is 10.0 Å². The highest BCUT2D eigenvalue weighted by Gasteiger charge is 2.23. The molecule has 3 aromatic rings. The van der Waals surface area contributed by atoms with Gasteiger partial charge in [0.05, 0.1) is 18.1 Å². The number of fused-ring (bicyclic) bond motifs is 1. The minimum atomic E-state index is -3.70. The monoisotopic (exact) mass is 379 g/mol. The number of anilines is 1. The molecule has 0 radical (unpaired) electrons. The molecule has 0 aromatic carbocycles. The molecule has 2 N–H and O–H groups in total. The molecule has 3 aromatic heterocycles. The van der Waals surface area contributed by atoms with Crippen LogP contribution in [0.2, 0.25) is 0 Å². The van der Waals surface area contributed by atoms with Crippen LogP contribution in [-0.2, 0) is 16.6 Å². The van der Waals surface area contributed by atoms with E-state index in [0.29, 0.717) is 17.9 Å². The van der Waals surface area contributed by atoms with Crippen molar-refractivity contribution >= 4 is 26.9 Å². The molecule has 3 heterocycles. The van der Waals surface area contributed by atoms with Crippen molar-refractivity contribution in [3.8, 4) is 0 Å². The first-order valence-corrected chi connectivity index (χ1v) is 9.75. The van der Waals surface area contributed by atoms with Crippen LogP contribution in [0.25, 0.3) is 11.0 Å². The molecule has 0 aliphatic carbocycles. The van der Waals surface area contributed by atoms with Crippen LogP contribution in [-0.4, -0.2) is 46.4 Å². The number of aryl methyl sites for hydroxylation is 2. The molecule has 0 saturated carbocycles. The quantitative estimate of drug-likeness (QED) is 0.598. The lowest BCUT2D eigenvalue weighted by molar-refractivity contribution is 0.390. The van der Waals surface area contributed by atoms with Gasteiger partial charge in [0.1, 0.15) is 22.7 Å².